The van der Waals surface area contributed by atoms with Crippen LogP contribution in [0.2, 0.25) is 0 Å². The number of rotatable bonds is 5. The zero-order chi connectivity index (χ0) is 19.6. The molecular formula is C20H15N7OS. The van der Waals surface area contributed by atoms with Crippen LogP contribution in [0.4, 0.5) is 5.95 Å². The molecule has 0 radical (unpaired) electrons. The normalized spacial score (nSPS) is 11.0. The van der Waals surface area contributed by atoms with Crippen LogP contribution in [-0.2, 0) is 6.54 Å². The molecule has 0 bridgehead atoms. The van der Waals surface area contributed by atoms with E-state index in [2.05, 4.69) is 25.5 Å². The first-order valence-corrected chi connectivity index (χ1v) is 9.77. The molecule has 0 spiro atoms. The molecule has 0 unspecified atom stereocenters. The summed E-state index contributed by atoms with van der Waals surface area (Å²) in [4.78, 5) is 22.3. The Bertz CT molecular complexity index is 1270. The summed E-state index contributed by atoms with van der Waals surface area (Å²) < 4.78 is 3.34. The molecule has 0 atom stereocenters. The van der Waals surface area contributed by atoms with Gasteiger partial charge < -0.3 is 0 Å². The molecule has 0 aliphatic heterocycles. The van der Waals surface area contributed by atoms with Crippen LogP contribution >= 0.6 is 11.3 Å². The Morgan fingerprint density at radius 3 is 2.79 bits per heavy atom. The number of anilines is 1. The summed E-state index contributed by atoms with van der Waals surface area (Å²) in [5.74, 6) is -0.118. The van der Waals surface area contributed by atoms with E-state index < -0.39 is 0 Å². The monoisotopic (exact) mass is 401 g/mol. The Morgan fingerprint density at radius 1 is 1.07 bits per heavy atom. The van der Waals surface area contributed by atoms with Crippen LogP contribution in [0, 0.1) is 0 Å². The van der Waals surface area contributed by atoms with E-state index in [0.717, 1.165) is 16.1 Å². The topological polar surface area (TPSA) is 90.0 Å². The number of nitrogens with one attached hydrogen (secondary N) is 1. The fourth-order valence-electron chi connectivity index (χ4n) is 3.03. The van der Waals surface area contributed by atoms with Crippen LogP contribution in [0.5, 0.6) is 0 Å². The summed E-state index contributed by atoms with van der Waals surface area (Å²) in [7, 11) is 0. The maximum atomic E-state index is 12.8. The molecule has 5 aromatic rings. The van der Waals surface area contributed by atoms with Crippen LogP contribution in [0.15, 0.2) is 72.6 Å². The minimum atomic E-state index is -0.353. The van der Waals surface area contributed by atoms with Crippen molar-refractivity contribution in [3.05, 3.63) is 83.8 Å². The van der Waals surface area contributed by atoms with Crippen molar-refractivity contribution in [3.8, 4) is 10.6 Å². The molecule has 0 saturated carbocycles. The maximum absolute atomic E-state index is 12.8. The third-order valence-electron chi connectivity index (χ3n) is 4.37. The molecule has 4 aromatic heterocycles. The highest BCUT2D eigenvalue weighted by Crippen LogP contribution is 2.25. The van der Waals surface area contributed by atoms with Gasteiger partial charge in [-0.2, -0.15) is 5.10 Å². The SMILES string of the molecule is O=C(Nc1ncn(Cc2ccccc2)n1)c1cnn2c(-c3cccs3)ccnc12. The number of hydrogen-bond donors (Lipinski definition) is 1. The van der Waals surface area contributed by atoms with Crippen LogP contribution in [-0.4, -0.2) is 35.3 Å². The molecule has 4 heterocycles. The smallest absolute Gasteiger partial charge is 0.263 e. The van der Waals surface area contributed by atoms with Crippen molar-refractivity contribution in [2.75, 3.05) is 5.32 Å². The highest BCUT2D eigenvalue weighted by molar-refractivity contribution is 7.13. The molecule has 0 aliphatic rings. The molecule has 1 amide bonds. The van der Waals surface area contributed by atoms with E-state index in [1.54, 1.807) is 33.1 Å². The van der Waals surface area contributed by atoms with Crippen molar-refractivity contribution in [3.63, 3.8) is 0 Å². The van der Waals surface area contributed by atoms with Crippen molar-refractivity contribution in [2.24, 2.45) is 0 Å². The number of carbonyl (C=O) groups is 1. The molecule has 8 nitrogen and oxygen atoms in total. The van der Waals surface area contributed by atoms with E-state index in [0.29, 0.717) is 17.8 Å². The quantitative estimate of drug-likeness (QED) is 0.488. The molecule has 5 rings (SSSR count). The minimum Gasteiger partial charge on any atom is -0.289 e. The van der Waals surface area contributed by atoms with Crippen molar-refractivity contribution >= 4 is 28.8 Å². The number of hydrogen-bond acceptors (Lipinski definition) is 6. The van der Waals surface area contributed by atoms with E-state index in [1.807, 2.05) is 53.9 Å². The number of fused-ring (bicyclic) bond motifs is 1. The molecule has 0 fully saturated rings. The number of amides is 1. The second-order valence-electron chi connectivity index (χ2n) is 6.31. The molecular weight excluding hydrogens is 386 g/mol. The predicted molar refractivity (Wildman–Crippen MR) is 110 cm³/mol. The van der Waals surface area contributed by atoms with Gasteiger partial charge in [-0.15, -0.1) is 16.4 Å². The highest BCUT2D eigenvalue weighted by atomic mass is 32.1. The lowest BCUT2D eigenvalue weighted by Crippen LogP contribution is -2.13. The van der Waals surface area contributed by atoms with Gasteiger partial charge in [0, 0.05) is 6.20 Å². The standard InChI is InChI=1S/C20H15N7OS/c28-19(24-20-22-13-26(25-20)12-14-5-2-1-3-6-14)15-11-23-27-16(8-9-21-18(15)27)17-7-4-10-29-17/h1-11,13H,12H2,(H,24,25,28). The summed E-state index contributed by atoms with van der Waals surface area (Å²) in [6.45, 7) is 0.576. The van der Waals surface area contributed by atoms with Gasteiger partial charge in [0.2, 0.25) is 5.95 Å². The zero-order valence-corrected chi connectivity index (χ0v) is 16.0. The largest absolute Gasteiger partial charge is 0.289 e. The van der Waals surface area contributed by atoms with Crippen molar-refractivity contribution in [1.29, 1.82) is 0 Å². The predicted octanol–water partition coefficient (Wildman–Crippen LogP) is 3.35. The third kappa shape index (κ3) is 3.39. The maximum Gasteiger partial charge on any atom is 0.263 e. The van der Waals surface area contributed by atoms with Gasteiger partial charge in [-0.3, -0.25) is 10.1 Å². The van der Waals surface area contributed by atoms with E-state index in [1.165, 1.54) is 6.20 Å². The fraction of sp³-hybridized carbons (Fsp3) is 0.0500. The van der Waals surface area contributed by atoms with Gasteiger partial charge in [0.25, 0.3) is 5.91 Å². The Kier molecular flexibility index (Phi) is 4.34. The Hall–Kier alpha value is -3.85. The Balaban J connectivity index is 1.38. The average Bonchev–Trinajstić information content (AvgIpc) is 3.49. The number of thiophene rings is 1. The lowest BCUT2D eigenvalue weighted by molar-refractivity contribution is 0.102. The second-order valence-corrected chi connectivity index (χ2v) is 7.25. The molecule has 9 heteroatoms. The number of benzene rings is 1. The lowest BCUT2D eigenvalue weighted by Gasteiger charge is -2.03. The minimum absolute atomic E-state index is 0.236. The Morgan fingerprint density at radius 2 is 1.97 bits per heavy atom. The van der Waals surface area contributed by atoms with Gasteiger partial charge in [-0.1, -0.05) is 36.4 Å². The molecule has 1 aromatic carbocycles. The van der Waals surface area contributed by atoms with E-state index in [9.17, 15) is 4.79 Å². The van der Waals surface area contributed by atoms with Gasteiger partial charge in [-0.25, -0.2) is 19.2 Å². The second kappa shape index (κ2) is 7.28. The van der Waals surface area contributed by atoms with E-state index in [4.69, 9.17) is 0 Å². The molecule has 0 saturated heterocycles. The summed E-state index contributed by atoms with van der Waals surface area (Å²) in [6.07, 6.45) is 4.78. The van der Waals surface area contributed by atoms with E-state index in [-0.39, 0.29) is 11.9 Å². The third-order valence-corrected chi connectivity index (χ3v) is 5.26. The van der Waals surface area contributed by atoms with Gasteiger partial charge in [-0.05, 0) is 23.1 Å². The van der Waals surface area contributed by atoms with Gasteiger partial charge in [0.05, 0.1) is 23.3 Å². The van der Waals surface area contributed by atoms with Crippen molar-refractivity contribution < 1.29 is 4.79 Å². The first kappa shape index (κ1) is 17.3. The van der Waals surface area contributed by atoms with Gasteiger partial charge >= 0.3 is 0 Å². The first-order chi connectivity index (χ1) is 14.3. The summed E-state index contributed by atoms with van der Waals surface area (Å²) in [6, 6.07) is 15.8. The highest BCUT2D eigenvalue weighted by Gasteiger charge is 2.18. The number of nitrogens with zero attached hydrogens (tertiary/aromatic N) is 6. The first-order valence-electron chi connectivity index (χ1n) is 8.89. The van der Waals surface area contributed by atoms with Crippen molar-refractivity contribution in [2.45, 2.75) is 6.54 Å². The Labute approximate surface area is 169 Å². The number of aromatic nitrogens is 6. The van der Waals surface area contributed by atoms with Crippen LogP contribution in [0.25, 0.3) is 16.2 Å². The molecule has 0 aliphatic carbocycles. The molecule has 142 valence electrons. The van der Waals surface area contributed by atoms with Crippen LogP contribution < -0.4 is 5.32 Å². The lowest BCUT2D eigenvalue weighted by atomic mass is 10.2. The van der Waals surface area contributed by atoms with Crippen molar-refractivity contribution in [1.82, 2.24) is 29.4 Å². The summed E-state index contributed by atoms with van der Waals surface area (Å²) in [5, 5.41) is 13.4. The molecule has 29 heavy (non-hydrogen) atoms. The zero-order valence-electron chi connectivity index (χ0n) is 15.1. The van der Waals surface area contributed by atoms with Crippen LogP contribution in [0.1, 0.15) is 15.9 Å². The number of carbonyl (C=O) groups excluding carboxylic acids is 1. The van der Waals surface area contributed by atoms with Crippen LogP contribution in [0.3, 0.4) is 0 Å². The van der Waals surface area contributed by atoms with E-state index >= 15 is 0 Å². The average molecular weight is 401 g/mol. The summed E-state index contributed by atoms with van der Waals surface area (Å²) >= 11 is 1.60. The fourth-order valence-corrected chi connectivity index (χ4v) is 3.77. The van der Waals surface area contributed by atoms with Gasteiger partial charge in [0.15, 0.2) is 5.65 Å². The molecule has 1 N–H and O–H groups in total. The summed E-state index contributed by atoms with van der Waals surface area (Å²) in [5.41, 5.74) is 2.83. The van der Waals surface area contributed by atoms with Gasteiger partial charge in [0.1, 0.15) is 11.9 Å².